The topological polar surface area (TPSA) is 30.9 Å². The summed E-state index contributed by atoms with van der Waals surface area (Å²) in [6.07, 6.45) is 5.26. The Kier molecular flexibility index (Phi) is 5.70. The summed E-state index contributed by atoms with van der Waals surface area (Å²) in [7, 11) is 1.92. The quantitative estimate of drug-likeness (QED) is 0.597. The minimum atomic E-state index is 0.682. The molecule has 1 aliphatic heterocycles. The van der Waals surface area contributed by atoms with Crippen molar-refractivity contribution in [3.8, 4) is 0 Å². The highest BCUT2D eigenvalue weighted by molar-refractivity contribution is 5.80. The van der Waals surface area contributed by atoms with Crippen LogP contribution in [0.5, 0.6) is 0 Å². The van der Waals surface area contributed by atoms with Crippen molar-refractivity contribution in [1.29, 1.82) is 0 Å². The van der Waals surface area contributed by atoms with Crippen LogP contribution in [0.4, 0.5) is 0 Å². The maximum Gasteiger partial charge on any atom is 0.193 e. The number of guanidine groups is 1. The van der Waals surface area contributed by atoms with Crippen LogP contribution in [-0.2, 0) is 0 Å². The van der Waals surface area contributed by atoms with Gasteiger partial charge in [-0.15, -0.1) is 0 Å². The van der Waals surface area contributed by atoms with Gasteiger partial charge in [0.25, 0.3) is 0 Å². The van der Waals surface area contributed by atoms with E-state index in [1.807, 2.05) is 7.05 Å². The van der Waals surface area contributed by atoms with Gasteiger partial charge in [-0.25, -0.2) is 0 Å². The summed E-state index contributed by atoms with van der Waals surface area (Å²) >= 11 is 0. The number of hydrogen-bond acceptors (Lipinski definition) is 2. The molecule has 3 unspecified atom stereocenters. The molecule has 3 atom stereocenters. The van der Waals surface area contributed by atoms with Gasteiger partial charge in [0.1, 0.15) is 0 Å². The third-order valence-corrected chi connectivity index (χ3v) is 4.90. The average Bonchev–Trinajstić information content (AvgIpc) is 3.00. The van der Waals surface area contributed by atoms with Gasteiger partial charge < -0.3 is 10.2 Å². The van der Waals surface area contributed by atoms with E-state index in [-0.39, 0.29) is 0 Å². The lowest BCUT2D eigenvalue weighted by Crippen LogP contribution is -2.44. The molecule has 1 heterocycles. The first-order chi connectivity index (χ1) is 9.73. The van der Waals surface area contributed by atoms with Crippen molar-refractivity contribution in [3.05, 3.63) is 0 Å². The van der Waals surface area contributed by atoms with E-state index < -0.39 is 0 Å². The van der Waals surface area contributed by atoms with Crippen molar-refractivity contribution in [2.24, 2.45) is 10.9 Å². The molecule has 2 rings (SSSR count). The van der Waals surface area contributed by atoms with Gasteiger partial charge in [0.05, 0.1) is 0 Å². The molecule has 4 heteroatoms. The molecule has 20 heavy (non-hydrogen) atoms. The van der Waals surface area contributed by atoms with Crippen LogP contribution < -0.4 is 5.32 Å². The van der Waals surface area contributed by atoms with Crippen LogP contribution in [0.15, 0.2) is 4.99 Å². The number of nitrogens with one attached hydrogen (secondary N) is 1. The highest BCUT2D eigenvalue weighted by Crippen LogP contribution is 2.34. The van der Waals surface area contributed by atoms with Gasteiger partial charge in [-0.05, 0) is 38.3 Å². The Morgan fingerprint density at radius 2 is 2.05 bits per heavy atom. The summed E-state index contributed by atoms with van der Waals surface area (Å²) in [5.74, 6) is 2.01. The molecule has 0 amide bonds. The molecule has 1 saturated carbocycles. The molecular weight excluding hydrogens is 248 g/mol. The highest BCUT2D eigenvalue weighted by atomic mass is 15.3. The number of rotatable bonds is 6. The largest absolute Gasteiger partial charge is 0.353 e. The van der Waals surface area contributed by atoms with E-state index in [0.29, 0.717) is 12.1 Å². The Bertz CT molecular complexity index is 324. The van der Waals surface area contributed by atoms with Crippen molar-refractivity contribution in [2.45, 2.75) is 58.5 Å². The van der Waals surface area contributed by atoms with Gasteiger partial charge in [-0.1, -0.05) is 27.2 Å². The normalized spacial score (nSPS) is 30.1. The summed E-state index contributed by atoms with van der Waals surface area (Å²) in [6, 6.07) is 1.38. The fourth-order valence-corrected chi connectivity index (χ4v) is 3.55. The predicted molar refractivity (Wildman–Crippen MR) is 86.2 cm³/mol. The fourth-order valence-electron chi connectivity index (χ4n) is 3.55. The van der Waals surface area contributed by atoms with Crippen molar-refractivity contribution >= 4 is 5.96 Å². The Morgan fingerprint density at radius 3 is 2.65 bits per heavy atom. The SMILES string of the molecule is CCCC1CC1NC(=NC)N1CCC(N(CC)CC)C1. The molecular formula is C16H32N4. The lowest BCUT2D eigenvalue weighted by Gasteiger charge is -2.27. The number of likely N-dealkylation sites (N-methyl/N-ethyl adjacent to an activating group) is 1. The number of likely N-dealkylation sites (tertiary alicyclic amines) is 1. The van der Waals surface area contributed by atoms with Gasteiger partial charge in [-0.3, -0.25) is 9.89 Å². The van der Waals surface area contributed by atoms with Crippen LogP contribution in [0.3, 0.4) is 0 Å². The molecule has 0 bridgehead atoms. The molecule has 0 spiro atoms. The summed E-state index contributed by atoms with van der Waals surface area (Å²) in [6.45, 7) is 11.4. The first-order valence-electron chi connectivity index (χ1n) is 8.45. The second-order valence-electron chi connectivity index (χ2n) is 6.19. The molecule has 1 N–H and O–H groups in total. The van der Waals surface area contributed by atoms with Gasteiger partial charge in [0, 0.05) is 32.2 Å². The van der Waals surface area contributed by atoms with Crippen LogP contribution >= 0.6 is 0 Å². The van der Waals surface area contributed by atoms with Gasteiger partial charge >= 0.3 is 0 Å². The van der Waals surface area contributed by atoms with E-state index in [1.54, 1.807) is 0 Å². The molecule has 0 radical (unpaired) electrons. The van der Waals surface area contributed by atoms with Crippen molar-refractivity contribution < 1.29 is 0 Å². The molecule has 0 aromatic carbocycles. The second kappa shape index (κ2) is 7.30. The number of nitrogens with zero attached hydrogens (tertiary/aromatic N) is 3. The minimum Gasteiger partial charge on any atom is -0.353 e. The smallest absolute Gasteiger partial charge is 0.193 e. The fraction of sp³-hybridized carbons (Fsp3) is 0.938. The van der Waals surface area contributed by atoms with Crippen LogP contribution in [-0.4, -0.2) is 61.1 Å². The molecule has 0 aromatic heterocycles. The molecule has 1 aliphatic carbocycles. The van der Waals surface area contributed by atoms with E-state index in [9.17, 15) is 0 Å². The Hall–Kier alpha value is -0.770. The maximum absolute atomic E-state index is 4.50. The lowest BCUT2D eigenvalue weighted by molar-refractivity contribution is 0.223. The second-order valence-corrected chi connectivity index (χ2v) is 6.19. The third-order valence-electron chi connectivity index (χ3n) is 4.90. The molecule has 2 aliphatic rings. The Morgan fingerprint density at radius 1 is 1.30 bits per heavy atom. The van der Waals surface area contributed by atoms with Crippen LogP contribution in [0.1, 0.15) is 46.5 Å². The summed E-state index contributed by atoms with van der Waals surface area (Å²) in [5.41, 5.74) is 0. The minimum absolute atomic E-state index is 0.682. The van der Waals surface area contributed by atoms with Crippen LogP contribution in [0, 0.1) is 5.92 Å². The highest BCUT2D eigenvalue weighted by Gasteiger charge is 2.38. The molecule has 1 saturated heterocycles. The first kappa shape index (κ1) is 15.6. The standard InChI is InChI=1S/C16H32N4/c1-5-8-13-11-15(13)18-16(17-4)20-10-9-14(12-20)19(6-2)7-3/h13-15H,5-12H2,1-4H3,(H,17,18). The summed E-state index contributed by atoms with van der Waals surface area (Å²) in [5, 5.41) is 3.67. The maximum atomic E-state index is 4.50. The molecule has 4 nitrogen and oxygen atoms in total. The molecule has 116 valence electrons. The first-order valence-corrected chi connectivity index (χ1v) is 8.45. The predicted octanol–water partition coefficient (Wildman–Crippen LogP) is 2.17. The van der Waals surface area contributed by atoms with E-state index in [4.69, 9.17) is 0 Å². The van der Waals surface area contributed by atoms with E-state index in [0.717, 1.165) is 38.1 Å². The zero-order chi connectivity index (χ0) is 14.5. The Balaban J connectivity index is 1.82. The summed E-state index contributed by atoms with van der Waals surface area (Å²) < 4.78 is 0. The van der Waals surface area contributed by atoms with Gasteiger partial charge in [0.2, 0.25) is 0 Å². The van der Waals surface area contributed by atoms with Crippen molar-refractivity contribution in [1.82, 2.24) is 15.1 Å². The molecule has 0 aromatic rings. The Labute approximate surface area is 124 Å². The lowest BCUT2D eigenvalue weighted by atomic mass is 10.2. The van der Waals surface area contributed by atoms with Crippen molar-refractivity contribution in [2.75, 3.05) is 33.2 Å². The van der Waals surface area contributed by atoms with Gasteiger partial charge in [-0.2, -0.15) is 0 Å². The average molecular weight is 280 g/mol. The zero-order valence-corrected chi connectivity index (χ0v) is 13.7. The van der Waals surface area contributed by atoms with Gasteiger partial charge in [0.15, 0.2) is 5.96 Å². The number of hydrogen-bond donors (Lipinski definition) is 1. The zero-order valence-electron chi connectivity index (χ0n) is 13.7. The van der Waals surface area contributed by atoms with Crippen LogP contribution in [0.25, 0.3) is 0 Å². The number of aliphatic imine (C=N–C) groups is 1. The van der Waals surface area contributed by atoms with E-state index in [1.165, 1.54) is 25.7 Å². The monoisotopic (exact) mass is 280 g/mol. The van der Waals surface area contributed by atoms with Crippen molar-refractivity contribution in [3.63, 3.8) is 0 Å². The van der Waals surface area contributed by atoms with E-state index >= 15 is 0 Å². The third kappa shape index (κ3) is 3.66. The van der Waals surface area contributed by atoms with Crippen LogP contribution in [0.2, 0.25) is 0 Å². The molecule has 2 fully saturated rings. The summed E-state index contributed by atoms with van der Waals surface area (Å²) in [4.78, 5) is 9.53. The van der Waals surface area contributed by atoms with E-state index in [2.05, 4.69) is 40.9 Å².